The number of esters is 1. The summed E-state index contributed by atoms with van der Waals surface area (Å²) < 4.78 is 12.0. The lowest BCUT2D eigenvalue weighted by Crippen LogP contribution is -2.24. The van der Waals surface area contributed by atoms with Crippen molar-refractivity contribution in [2.24, 2.45) is 0 Å². The van der Waals surface area contributed by atoms with Gasteiger partial charge >= 0.3 is 5.97 Å². The lowest BCUT2D eigenvalue weighted by molar-refractivity contribution is 0.0516. The van der Waals surface area contributed by atoms with Crippen LogP contribution in [0, 0.1) is 0 Å². The van der Waals surface area contributed by atoms with Crippen molar-refractivity contribution in [2.45, 2.75) is 6.92 Å². The normalized spacial score (nSPS) is 10.7. The number of fused-ring (bicyclic) bond motifs is 1. The van der Waals surface area contributed by atoms with Crippen LogP contribution in [0.1, 0.15) is 17.4 Å². The minimum Gasteiger partial charge on any atom is -0.481 e. The standard InChI is InChI=1S/C16H13BrN4O4/c1-3-25-16(23)14-15(22)13-9(17)5-4-6-10(13)21(20-14)11-7-12(24-2)19-8-18-11/h4-8H,3H2,1-2H3. The fourth-order valence-corrected chi connectivity index (χ4v) is 2.83. The molecule has 2 heterocycles. The Morgan fingerprint density at radius 1 is 1.32 bits per heavy atom. The molecule has 0 aliphatic carbocycles. The average molecular weight is 405 g/mol. The Bertz CT molecular complexity index is 1020. The van der Waals surface area contributed by atoms with E-state index in [1.807, 2.05) is 0 Å². The van der Waals surface area contributed by atoms with Crippen molar-refractivity contribution in [2.75, 3.05) is 13.7 Å². The van der Waals surface area contributed by atoms with Crippen molar-refractivity contribution in [3.8, 4) is 11.7 Å². The molecule has 0 radical (unpaired) electrons. The molecule has 0 spiro atoms. The maximum atomic E-state index is 12.7. The molecule has 0 N–H and O–H groups in total. The summed E-state index contributed by atoms with van der Waals surface area (Å²) in [6.07, 6.45) is 1.31. The Balaban J connectivity index is 2.37. The van der Waals surface area contributed by atoms with Crippen molar-refractivity contribution >= 4 is 32.8 Å². The second kappa shape index (κ2) is 6.98. The fourth-order valence-electron chi connectivity index (χ4n) is 2.30. The lowest BCUT2D eigenvalue weighted by Gasteiger charge is -2.12. The topological polar surface area (TPSA) is 96.2 Å². The molecule has 0 aliphatic heterocycles. The number of benzene rings is 1. The minimum atomic E-state index is -0.792. The molecule has 0 amide bonds. The summed E-state index contributed by atoms with van der Waals surface area (Å²) in [5, 5.41) is 4.47. The van der Waals surface area contributed by atoms with Gasteiger partial charge in [0.1, 0.15) is 6.33 Å². The van der Waals surface area contributed by atoms with E-state index in [1.54, 1.807) is 31.2 Å². The molecule has 25 heavy (non-hydrogen) atoms. The number of carbonyl (C=O) groups is 1. The lowest BCUT2D eigenvalue weighted by atomic mass is 10.2. The summed E-state index contributed by atoms with van der Waals surface area (Å²) in [7, 11) is 1.48. The van der Waals surface area contributed by atoms with E-state index in [2.05, 4.69) is 31.0 Å². The maximum absolute atomic E-state index is 12.7. The first-order chi connectivity index (χ1) is 12.1. The summed E-state index contributed by atoms with van der Waals surface area (Å²) in [6, 6.07) is 6.72. The third-order valence-electron chi connectivity index (χ3n) is 3.38. The van der Waals surface area contributed by atoms with Gasteiger partial charge in [0.05, 0.1) is 24.6 Å². The van der Waals surface area contributed by atoms with Crippen LogP contribution in [-0.4, -0.2) is 39.4 Å². The van der Waals surface area contributed by atoms with E-state index < -0.39 is 11.4 Å². The van der Waals surface area contributed by atoms with Crippen LogP contribution in [0.2, 0.25) is 0 Å². The van der Waals surface area contributed by atoms with Gasteiger partial charge in [-0.25, -0.2) is 19.4 Å². The Morgan fingerprint density at radius 3 is 2.84 bits per heavy atom. The average Bonchev–Trinajstić information content (AvgIpc) is 2.62. The van der Waals surface area contributed by atoms with Crippen molar-refractivity contribution < 1.29 is 14.3 Å². The molecule has 128 valence electrons. The van der Waals surface area contributed by atoms with Crippen LogP contribution in [0.25, 0.3) is 16.7 Å². The highest BCUT2D eigenvalue weighted by Gasteiger charge is 2.21. The molecule has 9 heteroatoms. The first-order valence-electron chi connectivity index (χ1n) is 7.32. The van der Waals surface area contributed by atoms with Crippen LogP contribution in [0.4, 0.5) is 0 Å². The molecule has 0 bridgehead atoms. The molecular formula is C16H13BrN4O4. The predicted octanol–water partition coefficient (Wildman–Crippen LogP) is 2.12. The van der Waals surface area contributed by atoms with Crippen LogP contribution in [0.15, 0.2) is 39.9 Å². The van der Waals surface area contributed by atoms with Crippen molar-refractivity contribution in [1.29, 1.82) is 0 Å². The molecule has 0 aliphatic rings. The van der Waals surface area contributed by atoms with Crippen molar-refractivity contribution in [3.63, 3.8) is 0 Å². The summed E-state index contributed by atoms with van der Waals surface area (Å²) >= 11 is 3.35. The van der Waals surface area contributed by atoms with E-state index in [0.717, 1.165) is 0 Å². The first kappa shape index (κ1) is 17.0. The van der Waals surface area contributed by atoms with Gasteiger partial charge in [-0.15, -0.1) is 0 Å². The van der Waals surface area contributed by atoms with Gasteiger partial charge in [-0.2, -0.15) is 5.10 Å². The van der Waals surface area contributed by atoms with Gasteiger partial charge in [0, 0.05) is 10.5 Å². The maximum Gasteiger partial charge on any atom is 0.362 e. The fraction of sp³-hybridized carbons (Fsp3) is 0.188. The van der Waals surface area contributed by atoms with E-state index in [0.29, 0.717) is 27.1 Å². The minimum absolute atomic E-state index is 0.134. The molecule has 3 rings (SSSR count). The SMILES string of the molecule is CCOC(=O)c1nn(-c2cc(OC)ncn2)c2cccc(Br)c2c1=O. The number of hydrogen-bond donors (Lipinski definition) is 0. The predicted molar refractivity (Wildman–Crippen MR) is 93.1 cm³/mol. The van der Waals surface area contributed by atoms with Crippen LogP contribution in [0.5, 0.6) is 5.88 Å². The van der Waals surface area contributed by atoms with E-state index in [-0.39, 0.29) is 12.3 Å². The number of rotatable bonds is 4. The third kappa shape index (κ3) is 3.10. The van der Waals surface area contributed by atoms with Crippen LogP contribution < -0.4 is 10.2 Å². The second-order valence-electron chi connectivity index (χ2n) is 4.86. The highest BCUT2D eigenvalue weighted by molar-refractivity contribution is 9.10. The Labute approximate surface area is 150 Å². The number of ether oxygens (including phenoxy) is 2. The Hall–Kier alpha value is -2.81. The second-order valence-corrected chi connectivity index (χ2v) is 5.72. The van der Waals surface area contributed by atoms with E-state index in [1.165, 1.54) is 18.1 Å². The Morgan fingerprint density at radius 2 is 2.12 bits per heavy atom. The largest absolute Gasteiger partial charge is 0.481 e. The van der Waals surface area contributed by atoms with E-state index >= 15 is 0 Å². The molecule has 0 unspecified atom stereocenters. The monoisotopic (exact) mass is 404 g/mol. The summed E-state index contributed by atoms with van der Waals surface area (Å²) in [6.45, 7) is 1.79. The van der Waals surface area contributed by atoms with E-state index in [4.69, 9.17) is 9.47 Å². The number of carbonyl (C=O) groups excluding carboxylic acids is 1. The summed E-state index contributed by atoms with van der Waals surface area (Å²) in [5.41, 5.74) is -0.356. The van der Waals surface area contributed by atoms with Gasteiger partial charge in [0.25, 0.3) is 0 Å². The zero-order valence-corrected chi connectivity index (χ0v) is 15.0. The zero-order valence-electron chi connectivity index (χ0n) is 13.4. The summed E-state index contributed by atoms with van der Waals surface area (Å²) in [5.74, 6) is -0.119. The van der Waals surface area contributed by atoms with Crippen LogP contribution >= 0.6 is 15.9 Å². The van der Waals surface area contributed by atoms with Crippen LogP contribution in [-0.2, 0) is 4.74 Å². The molecule has 1 aromatic carbocycles. The Kier molecular flexibility index (Phi) is 4.75. The molecule has 0 saturated carbocycles. The molecule has 0 fully saturated rings. The molecule has 0 saturated heterocycles. The number of aromatic nitrogens is 4. The van der Waals surface area contributed by atoms with Gasteiger partial charge in [-0.1, -0.05) is 6.07 Å². The molecule has 8 nitrogen and oxygen atoms in total. The zero-order chi connectivity index (χ0) is 18.0. The first-order valence-corrected chi connectivity index (χ1v) is 8.11. The highest BCUT2D eigenvalue weighted by atomic mass is 79.9. The molecule has 3 aromatic rings. The number of hydrogen-bond acceptors (Lipinski definition) is 7. The van der Waals surface area contributed by atoms with Gasteiger partial charge in [0.15, 0.2) is 5.82 Å². The van der Waals surface area contributed by atoms with E-state index in [9.17, 15) is 9.59 Å². The quantitative estimate of drug-likeness (QED) is 0.614. The number of halogens is 1. The summed E-state index contributed by atoms with van der Waals surface area (Å²) in [4.78, 5) is 33.0. The van der Waals surface area contributed by atoms with Crippen LogP contribution in [0.3, 0.4) is 0 Å². The van der Waals surface area contributed by atoms with Gasteiger partial charge < -0.3 is 9.47 Å². The molecule has 0 atom stereocenters. The van der Waals surface area contributed by atoms with Crippen molar-refractivity contribution in [1.82, 2.24) is 19.7 Å². The van der Waals surface area contributed by atoms with Gasteiger partial charge in [-0.05, 0) is 35.0 Å². The van der Waals surface area contributed by atoms with Crippen molar-refractivity contribution in [3.05, 3.63) is 51.0 Å². The molecule has 2 aromatic heterocycles. The van der Waals surface area contributed by atoms with Gasteiger partial charge in [0.2, 0.25) is 17.0 Å². The molecular weight excluding hydrogens is 392 g/mol. The smallest absolute Gasteiger partial charge is 0.362 e. The number of methoxy groups -OCH3 is 1. The number of nitrogens with zero attached hydrogens (tertiary/aromatic N) is 4. The van der Waals surface area contributed by atoms with Gasteiger partial charge in [-0.3, -0.25) is 4.79 Å². The highest BCUT2D eigenvalue weighted by Crippen LogP contribution is 2.23. The third-order valence-corrected chi connectivity index (χ3v) is 4.05.